The molecular formula is C13H25N3O. The van der Waals surface area contributed by atoms with E-state index in [0.29, 0.717) is 5.92 Å². The van der Waals surface area contributed by atoms with E-state index in [-0.39, 0.29) is 5.54 Å². The van der Waals surface area contributed by atoms with Gasteiger partial charge in [-0.3, -0.25) is 5.32 Å². The maximum atomic E-state index is 9.18. The van der Waals surface area contributed by atoms with E-state index >= 15 is 0 Å². The average molecular weight is 239 g/mol. The molecule has 0 radical (unpaired) electrons. The Bertz CT molecular complexity index is 264. The zero-order valence-corrected chi connectivity index (χ0v) is 11.3. The van der Waals surface area contributed by atoms with Crippen molar-refractivity contribution in [2.45, 2.75) is 32.2 Å². The highest BCUT2D eigenvalue weighted by molar-refractivity contribution is 5.03. The SMILES string of the molecule is CCNC(C)(C#N)CCN1CCC(COC)C1. The molecule has 1 saturated heterocycles. The zero-order chi connectivity index (χ0) is 12.7. The summed E-state index contributed by atoms with van der Waals surface area (Å²) in [5, 5.41) is 12.4. The minimum Gasteiger partial charge on any atom is -0.384 e. The Morgan fingerprint density at radius 2 is 2.35 bits per heavy atom. The lowest BCUT2D eigenvalue weighted by atomic mass is 9.99. The van der Waals surface area contributed by atoms with Gasteiger partial charge in [0.05, 0.1) is 12.7 Å². The topological polar surface area (TPSA) is 48.3 Å². The summed E-state index contributed by atoms with van der Waals surface area (Å²) in [6, 6.07) is 2.38. The standard InChI is InChI=1S/C13H25N3O/c1-4-15-13(2,11-14)6-8-16-7-5-12(9-16)10-17-3/h12,15H,4-10H2,1-3H3. The van der Waals surface area contributed by atoms with E-state index in [0.717, 1.165) is 39.2 Å². The highest BCUT2D eigenvalue weighted by Gasteiger charge is 2.26. The lowest BCUT2D eigenvalue weighted by Gasteiger charge is -2.25. The van der Waals surface area contributed by atoms with Crippen LogP contribution in [0.2, 0.25) is 0 Å². The van der Waals surface area contributed by atoms with Crippen molar-refractivity contribution in [3.05, 3.63) is 0 Å². The number of methoxy groups -OCH3 is 1. The van der Waals surface area contributed by atoms with Crippen molar-refractivity contribution in [2.24, 2.45) is 5.92 Å². The van der Waals surface area contributed by atoms with Crippen molar-refractivity contribution in [3.8, 4) is 6.07 Å². The van der Waals surface area contributed by atoms with Crippen LogP contribution in [0.25, 0.3) is 0 Å². The van der Waals surface area contributed by atoms with Crippen molar-refractivity contribution >= 4 is 0 Å². The van der Waals surface area contributed by atoms with Gasteiger partial charge in [-0.05, 0) is 38.8 Å². The smallest absolute Gasteiger partial charge is 0.105 e. The van der Waals surface area contributed by atoms with Crippen molar-refractivity contribution < 1.29 is 4.74 Å². The van der Waals surface area contributed by atoms with Gasteiger partial charge in [0.1, 0.15) is 5.54 Å². The number of likely N-dealkylation sites (tertiary alicyclic amines) is 1. The van der Waals surface area contributed by atoms with E-state index in [4.69, 9.17) is 4.74 Å². The molecular weight excluding hydrogens is 214 g/mol. The van der Waals surface area contributed by atoms with Crippen LogP contribution in [0.3, 0.4) is 0 Å². The molecule has 2 atom stereocenters. The second kappa shape index (κ2) is 6.95. The first-order valence-corrected chi connectivity index (χ1v) is 6.51. The van der Waals surface area contributed by atoms with E-state index in [1.165, 1.54) is 6.42 Å². The molecule has 0 aliphatic carbocycles. The fourth-order valence-corrected chi connectivity index (χ4v) is 2.44. The third kappa shape index (κ3) is 4.63. The monoisotopic (exact) mass is 239 g/mol. The maximum absolute atomic E-state index is 9.18. The molecule has 0 aromatic carbocycles. The number of hydrogen-bond donors (Lipinski definition) is 1. The summed E-state index contributed by atoms with van der Waals surface area (Å²) in [7, 11) is 1.76. The molecule has 98 valence electrons. The summed E-state index contributed by atoms with van der Waals surface area (Å²) in [5.74, 6) is 0.674. The van der Waals surface area contributed by atoms with Gasteiger partial charge in [0.2, 0.25) is 0 Å². The second-order valence-electron chi connectivity index (χ2n) is 5.13. The molecule has 4 nitrogen and oxygen atoms in total. The Hall–Kier alpha value is -0.630. The fourth-order valence-electron chi connectivity index (χ4n) is 2.44. The van der Waals surface area contributed by atoms with E-state index in [9.17, 15) is 5.26 Å². The van der Waals surface area contributed by atoms with Gasteiger partial charge in [-0.15, -0.1) is 0 Å². The van der Waals surface area contributed by atoms with Crippen molar-refractivity contribution in [1.29, 1.82) is 5.26 Å². The molecule has 4 heteroatoms. The van der Waals surface area contributed by atoms with Crippen LogP contribution in [0.15, 0.2) is 0 Å². The van der Waals surface area contributed by atoms with Crippen molar-refractivity contribution in [3.63, 3.8) is 0 Å². The summed E-state index contributed by atoms with van der Waals surface area (Å²) >= 11 is 0. The van der Waals surface area contributed by atoms with Crippen LogP contribution in [0.1, 0.15) is 26.7 Å². The lowest BCUT2D eigenvalue weighted by Crippen LogP contribution is -2.43. The fraction of sp³-hybridized carbons (Fsp3) is 0.923. The molecule has 1 heterocycles. The molecule has 0 aromatic heterocycles. The van der Waals surface area contributed by atoms with Gasteiger partial charge in [-0.25, -0.2) is 0 Å². The number of nitriles is 1. The predicted octanol–water partition coefficient (Wildman–Crippen LogP) is 1.24. The summed E-state index contributed by atoms with van der Waals surface area (Å²) in [6.07, 6.45) is 2.11. The minimum atomic E-state index is -0.381. The van der Waals surface area contributed by atoms with Crippen LogP contribution < -0.4 is 5.32 Å². The van der Waals surface area contributed by atoms with Crippen molar-refractivity contribution in [2.75, 3.05) is 39.9 Å². The zero-order valence-electron chi connectivity index (χ0n) is 11.3. The number of hydrogen-bond acceptors (Lipinski definition) is 4. The van der Waals surface area contributed by atoms with Crippen LogP contribution >= 0.6 is 0 Å². The summed E-state index contributed by atoms with van der Waals surface area (Å²) in [4.78, 5) is 2.44. The molecule has 17 heavy (non-hydrogen) atoms. The van der Waals surface area contributed by atoms with Gasteiger partial charge in [0.15, 0.2) is 0 Å². The summed E-state index contributed by atoms with van der Waals surface area (Å²) in [6.45, 7) is 8.98. The molecule has 1 aliphatic rings. The van der Waals surface area contributed by atoms with E-state index in [2.05, 4.69) is 16.3 Å². The molecule has 1 fully saturated rings. The Kier molecular flexibility index (Phi) is 5.90. The Balaban J connectivity index is 2.29. The second-order valence-corrected chi connectivity index (χ2v) is 5.13. The van der Waals surface area contributed by atoms with Crippen LogP contribution in [0, 0.1) is 17.2 Å². The number of nitrogens with one attached hydrogen (secondary N) is 1. The van der Waals surface area contributed by atoms with E-state index in [1.54, 1.807) is 7.11 Å². The molecule has 0 saturated carbocycles. The highest BCUT2D eigenvalue weighted by atomic mass is 16.5. The van der Waals surface area contributed by atoms with Gasteiger partial charge in [-0.1, -0.05) is 6.92 Å². The first kappa shape index (κ1) is 14.4. The highest BCUT2D eigenvalue weighted by Crippen LogP contribution is 2.18. The Labute approximate surface area is 105 Å². The third-order valence-corrected chi connectivity index (χ3v) is 3.51. The first-order valence-electron chi connectivity index (χ1n) is 6.51. The number of ether oxygens (including phenoxy) is 1. The van der Waals surface area contributed by atoms with Gasteiger partial charge in [0.25, 0.3) is 0 Å². The van der Waals surface area contributed by atoms with Gasteiger partial charge in [0, 0.05) is 20.2 Å². The van der Waals surface area contributed by atoms with Gasteiger partial charge < -0.3 is 9.64 Å². The van der Waals surface area contributed by atoms with Crippen LogP contribution in [0.5, 0.6) is 0 Å². The molecule has 0 amide bonds. The molecule has 0 spiro atoms. The number of rotatable bonds is 7. The first-order chi connectivity index (χ1) is 8.13. The molecule has 1 N–H and O–H groups in total. The normalized spacial score (nSPS) is 24.5. The molecule has 0 aromatic rings. The number of nitrogens with zero attached hydrogens (tertiary/aromatic N) is 2. The minimum absolute atomic E-state index is 0.381. The van der Waals surface area contributed by atoms with Gasteiger partial charge >= 0.3 is 0 Å². The molecule has 1 aliphatic heterocycles. The van der Waals surface area contributed by atoms with Crippen molar-refractivity contribution in [1.82, 2.24) is 10.2 Å². The third-order valence-electron chi connectivity index (χ3n) is 3.51. The summed E-state index contributed by atoms with van der Waals surface area (Å²) < 4.78 is 5.19. The average Bonchev–Trinajstić information content (AvgIpc) is 2.75. The van der Waals surface area contributed by atoms with E-state index in [1.807, 2.05) is 13.8 Å². The summed E-state index contributed by atoms with van der Waals surface area (Å²) in [5.41, 5.74) is -0.381. The molecule has 1 rings (SSSR count). The van der Waals surface area contributed by atoms with Crippen LogP contribution in [-0.2, 0) is 4.74 Å². The molecule has 0 bridgehead atoms. The molecule has 2 unspecified atom stereocenters. The Morgan fingerprint density at radius 3 is 2.94 bits per heavy atom. The van der Waals surface area contributed by atoms with Gasteiger partial charge in [-0.2, -0.15) is 5.26 Å². The maximum Gasteiger partial charge on any atom is 0.105 e. The Morgan fingerprint density at radius 1 is 1.59 bits per heavy atom. The van der Waals surface area contributed by atoms with E-state index < -0.39 is 0 Å². The largest absolute Gasteiger partial charge is 0.384 e. The van der Waals surface area contributed by atoms with Crippen LogP contribution in [0.4, 0.5) is 0 Å². The van der Waals surface area contributed by atoms with Crippen LogP contribution in [-0.4, -0.2) is 50.3 Å². The quantitative estimate of drug-likeness (QED) is 0.726. The predicted molar refractivity (Wildman–Crippen MR) is 68.7 cm³/mol. The lowest BCUT2D eigenvalue weighted by molar-refractivity contribution is 0.152.